The van der Waals surface area contributed by atoms with Gasteiger partial charge in [0.25, 0.3) is 5.69 Å². The van der Waals surface area contributed by atoms with Gasteiger partial charge in [-0.1, -0.05) is 84.9 Å². The number of para-hydroxylation sites is 1. The Labute approximate surface area is 194 Å². The third-order valence-corrected chi connectivity index (χ3v) is 4.96. The molecule has 0 atom stereocenters. The van der Waals surface area contributed by atoms with Crippen LogP contribution in [0.2, 0.25) is 0 Å². The predicted octanol–water partition coefficient (Wildman–Crippen LogP) is 7.86. The van der Waals surface area contributed by atoms with E-state index in [-0.39, 0.29) is 0 Å². The molecule has 0 bridgehead atoms. The molecule has 4 aromatic carbocycles. The number of hydrogen-bond donors (Lipinski definition) is 0. The standard InChI is InChI=1S/C27H20NO.BF4/c1-5-13-21(14-6-1)25-26(22-15-7-2-8-16-22)29-27(23-17-9-3-10-18-23)28(25)24-19-11-4-12-20-24;2-1(3,4)5/h1-20H;/q+1;-1. The maximum Gasteiger partial charge on any atom is 0.673 e. The minimum atomic E-state index is -6.00. The zero-order valence-corrected chi connectivity index (χ0v) is 18.0. The van der Waals surface area contributed by atoms with E-state index in [2.05, 4.69) is 77.4 Å². The van der Waals surface area contributed by atoms with Crippen LogP contribution in [0.5, 0.6) is 0 Å². The van der Waals surface area contributed by atoms with Gasteiger partial charge in [-0.05, 0) is 24.3 Å². The normalized spacial score (nSPS) is 10.9. The molecule has 1 aromatic heterocycles. The molecule has 0 saturated heterocycles. The number of rotatable bonds is 4. The van der Waals surface area contributed by atoms with Crippen LogP contribution in [0, 0.1) is 0 Å². The van der Waals surface area contributed by atoms with Crippen LogP contribution in [0.4, 0.5) is 17.3 Å². The molecule has 0 radical (unpaired) electrons. The Morgan fingerprint density at radius 2 is 0.882 bits per heavy atom. The van der Waals surface area contributed by atoms with E-state index in [1.165, 1.54) is 0 Å². The van der Waals surface area contributed by atoms with Gasteiger partial charge in [-0.3, -0.25) is 0 Å². The molecular formula is C27H20BF4NO. The molecule has 0 amide bonds. The van der Waals surface area contributed by atoms with Gasteiger partial charge in [0.1, 0.15) is 0 Å². The topological polar surface area (TPSA) is 17.0 Å². The van der Waals surface area contributed by atoms with Crippen molar-refractivity contribution in [2.45, 2.75) is 0 Å². The number of nitrogens with zero attached hydrogens (tertiary/aromatic N) is 1. The Balaban J connectivity index is 0.000000499. The van der Waals surface area contributed by atoms with Crippen molar-refractivity contribution in [1.29, 1.82) is 0 Å². The summed E-state index contributed by atoms with van der Waals surface area (Å²) in [6.45, 7) is 0. The number of oxazole rings is 1. The van der Waals surface area contributed by atoms with Crippen LogP contribution in [-0.4, -0.2) is 7.25 Å². The Bertz CT molecular complexity index is 1220. The fraction of sp³-hybridized carbons (Fsp3) is 0. The molecule has 5 rings (SSSR count). The fourth-order valence-corrected chi connectivity index (χ4v) is 3.63. The Hall–Kier alpha value is -4.13. The second-order valence-electron chi connectivity index (χ2n) is 7.35. The van der Waals surface area contributed by atoms with E-state index < -0.39 is 7.25 Å². The average molecular weight is 461 g/mol. The molecule has 0 aliphatic rings. The van der Waals surface area contributed by atoms with Crippen molar-refractivity contribution >= 4 is 7.25 Å². The SMILES string of the molecule is F[B-](F)(F)F.c1ccc(-c2oc(-c3ccccc3)[n+](-c3ccccc3)c2-c2ccccc2)cc1. The van der Waals surface area contributed by atoms with E-state index in [0.29, 0.717) is 0 Å². The smallest absolute Gasteiger partial charge is 0.418 e. The van der Waals surface area contributed by atoms with Crippen molar-refractivity contribution in [3.63, 3.8) is 0 Å². The van der Waals surface area contributed by atoms with Gasteiger partial charge in [0.2, 0.25) is 11.4 Å². The first-order valence-corrected chi connectivity index (χ1v) is 10.6. The van der Waals surface area contributed by atoms with Gasteiger partial charge in [-0.2, -0.15) is 0 Å². The Morgan fingerprint density at radius 3 is 1.35 bits per heavy atom. The summed E-state index contributed by atoms with van der Waals surface area (Å²) in [7, 11) is -6.00. The Kier molecular flexibility index (Phi) is 6.92. The number of halogens is 4. The number of aromatic nitrogens is 1. The van der Waals surface area contributed by atoms with Gasteiger partial charge in [0.05, 0.1) is 11.1 Å². The molecule has 5 aromatic rings. The van der Waals surface area contributed by atoms with E-state index in [0.717, 1.165) is 39.7 Å². The lowest BCUT2D eigenvalue weighted by Gasteiger charge is -2.02. The highest BCUT2D eigenvalue weighted by Gasteiger charge is 2.33. The van der Waals surface area contributed by atoms with Gasteiger partial charge in [-0.25, -0.2) is 0 Å². The van der Waals surface area contributed by atoms with Crippen LogP contribution in [0.1, 0.15) is 0 Å². The molecule has 1 heterocycles. The summed E-state index contributed by atoms with van der Waals surface area (Å²) < 4.78 is 47.8. The van der Waals surface area contributed by atoms with E-state index in [1.807, 2.05) is 48.5 Å². The van der Waals surface area contributed by atoms with Crippen molar-refractivity contribution in [2.75, 3.05) is 0 Å². The first-order chi connectivity index (χ1) is 16.4. The average Bonchev–Trinajstić information content (AvgIpc) is 3.26. The lowest BCUT2D eigenvalue weighted by Crippen LogP contribution is -2.33. The molecule has 34 heavy (non-hydrogen) atoms. The summed E-state index contributed by atoms with van der Waals surface area (Å²) in [5, 5.41) is 0. The molecule has 0 unspecified atom stereocenters. The van der Waals surface area contributed by atoms with Crippen molar-refractivity contribution < 1.29 is 26.2 Å². The first-order valence-electron chi connectivity index (χ1n) is 10.6. The van der Waals surface area contributed by atoms with E-state index in [1.54, 1.807) is 0 Å². The fourth-order valence-electron chi connectivity index (χ4n) is 3.63. The maximum atomic E-state index is 9.75. The van der Waals surface area contributed by atoms with Crippen LogP contribution < -0.4 is 4.57 Å². The second-order valence-corrected chi connectivity index (χ2v) is 7.35. The summed E-state index contributed by atoms with van der Waals surface area (Å²) in [6, 6.07) is 41.4. The molecule has 2 nitrogen and oxygen atoms in total. The summed E-state index contributed by atoms with van der Waals surface area (Å²) in [6.07, 6.45) is 0. The summed E-state index contributed by atoms with van der Waals surface area (Å²) in [5.74, 6) is 1.68. The highest BCUT2D eigenvalue weighted by molar-refractivity contribution is 6.50. The molecule has 0 N–H and O–H groups in total. The first kappa shape index (κ1) is 23.0. The van der Waals surface area contributed by atoms with Crippen LogP contribution in [0.25, 0.3) is 39.7 Å². The largest absolute Gasteiger partial charge is 0.673 e. The third-order valence-electron chi connectivity index (χ3n) is 4.96. The molecule has 0 fully saturated rings. The summed E-state index contributed by atoms with van der Waals surface area (Å²) in [5.41, 5.74) is 5.31. The van der Waals surface area contributed by atoms with E-state index in [9.17, 15) is 17.3 Å². The Morgan fingerprint density at radius 1 is 0.500 bits per heavy atom. The number of hydrogen-bond acceptors (Lipinski definition) is 1. The molecule has 7 heteroatoms. The highest BCUT2D eigenvalue weighted by Crippen LogP contribution is 2.35. The minimum Gasteiger partial charge on any atom is -0.418 e. The maximum absolute atomic E-state index is 9.75. The molecule has 0 aliphatic carbocycles. The van der Waals surface area contributed by atoms with E-state index in [4.69, 9.17) is 4.42 Å². The van der Waals surface area contributed by atoms with Gasteiger partial charge in [-0.15, -0.1) is 4.57 Å². The van der Waals surface area contributed by atoms with Crippen LogP contribution in [-0.2, 0) is 0 Å². The molecule has 0 spiro atoms. The minimum absolute atomic E-state index is 0.814. The van der Waals surface area contributed by atoms with Crippen molar-refractivity contribution in [3.8, 4) is 39.7 Å². The molecule has 170 valence electrons. The zero-order valence-electron chi connectivity index (χ0n) is 18.0. The highest BCUT2D eigenvalue weighted by atomic mass is 19.5. The third kappa shape index (κ3) is 5.62. The lowest BCUT2D eigenvalue weighted by atomic mass is 10.1. The second kappa shape index (κ2) is 10.2. The quantitative estimate of drug-likeness (QED) is 0.151. The van der Waals surface area contributed by atoms with Crippen molar-refractivity contribution in [2.24, 2.45) is 0 Å². The van der Waals surface area contributed by atoms with Gasteiger partial charge < -0.3 is 21.7 Å². The number of benzene rings is 4. The van der Waals surface area contributed by atoms with Gasteiger partial charge >= 0.3 is 13.1 Å². The summed E-state index contributed by atoms with van der Waals surface area (Å²) in [4.78, 5) is 0. The lowest BCUT2D eigenvalue weighted by molar-refractivity contribution is -0.575. The van der Waals surface area contributed by atoms with E-state index >= 15 is 0 Å². The van der Waals surface area contributed by atoms with Crippen LogP contribution >= 0.6 is 0 Å². The van der Waals surface area contributed by atoms with Crippen molar-refractivity contribution in [3.05, 3.63) is 121 Å². The van der Waals surface area contributed by atoms with Crippen LogP contribution in [0.3, 0.4) is 0 Å². The van der Waals surface area contributed by atoms with Gasteiger partial charge in [0, 0.05) is 17.7 Å². The zero-order chi connectivity index (χ0) is 24.0. The molecule has 0 aliphatic heterocycles. The summed E-state index contributed by atoms with van der Waals surface area (Å²) >= 11 is 0. The molecular weight excluding hydrogens is 441 g/mol. The predicted molar refractivity (Wildman–Crippen MR) is 127 cm³/mol. The van der Waals surface area contributed by atoms with Crippen LogP contribution in [0.15, 0.2) is 126 Å². The van der Waals surface area contributed by atoms with Crippen molar-refractivity contribution in [1.82, 2.24) is 0 Å². The molecule has 0 saturated carbocycles. The monoisotopic (exact) mass is 461 g/mol. The van der Waals surface area contributed by atoms with Gasteiger partial charge in [0.15, 0.2) is 0 Å².